The molecule has 1 atom stereocenters. The molecule has 0 radical (unpaired) electrons. The van der Waals surface area contributed by atoms with E-state index in [1.807, 2.05) is 6.07 Å². The summed E-state index contributed by atoms with van der Waals surface area (Å²) in [5.41, 5.74) is 1.78. The van der Waals surface area contributed by atoms with Crippen LogP contribution in [0.2, 0.25) is 5.02 Å². The van der Waals surface area contributed by atoms with Crippen molar-refractivity contribution in [2.75, 3.05) is 18.0 Å². The fourth-order valence-corrected chi connectivity index (χ4v) is 2.83. The highest BCUT2D eigenvalue weighted by Gasteiger charge is 2.44. The average Bonchev–Trinajstić information content (AvgIpc) is 2.91. The maximum Gasteiger partial charge on any atom is 0.262 e. The molecule has 6 heteroatoms. The summed E-state index contributed by atoms with van der Waals surface area (Å²) in [6.45, 7) is 0.0951. The van der Waals surface area contributed by atoms with Gasteiger partial charge in [-0.05, 0) is 24.1 Å². The number of benzene rings is 1. The number of rotatable bonds is 1. The van der Waals surface area contributed by atoms with Crippen LogP contribution in [-0.2, 0) is 11.2 Å². The van der Waals surface area contributed by atoms with Gasteiger partial charge in [-0.15, -0.1) is 0 Å². The first-order chi connectivity index (χ1) is 8.96. The molecule has 2 heterocycles. The Morgan fingerprint density at radius 1 is 1.47 bits per heavy atom. The molecular formula is C13H13ClF2N2O. The van der Waals surface area contributed by atoms with Crippen molar-refractivity contribution >= 4 is 23.2 Å². The Bertz CT molecular complexity index is 535. The van der Waals surface area contributed by atoms with Gasteiger partial charge in [0.2, 0.25) is 5.91 Å². The normalized spacial score (nSPS) is 24.6. The lowest BCUT2D eigenvalue weighted by molar-refractivity contribution is -0.120. The second-order valence-electron chi connectivity index (χ2n) is 5.01. The lowest BCUT2D eigenvalue weighted by atomic mass is 10.1. The minimum Gasteiger partial charge on any atom is -0.310 e. The van der Waals surface area contributed by atoms with Gasteiger partial charge in [0.05, 0.1) is 12.6 Å². The van der Waals surface area contributed by atoms with Gasteiger partial charge >= 0.3 is 0 Å². The number of carbonyl (C=O) groups is 1. The van der Waals surface area contributed by atoms with Crippen molar-refractivity contribution in [3.05, 3.63) is 28.8 Å². The predicted molar refractivity (Wildman–Crippen MR) is 68.9 cm³/mol. The van der Waals surface area contributed by atoms with E-state index >= 15 is 0 Å². The highest BCUT2D eigenvalue weighted by atomic mass is 35.5. The van der Waals surface area contributed by atoms with Gasteiger partial charge in [-0.1, -0.05) is 17.7 Å². The molecule has 1 unspecified atom stereocenters. The number of hydrogen-bond acceptors (Lipinski definition) is 2. The Morgan fingerprint density at radius 3 is 2.95 bits per heavy atom. The molecule has 1 fully saturated rings. The number of alkyl halides is 2. The van der Waals surface area contributed by atoms with E-state index in [4.69, 9.17) is 11.6 Å². The van der Waals surface area contributed by atoms with Crippen LogP contribution in [0.15, 0.2) is 18.2 Å². The summed E-state index contributed by atoms with van der Waals surface area (Å²) in [5, 5.41) is 3.14. The lowest BCUT2D eigenvalue weighted by Crippen LogP contribution is -2.42. The van der Waals surface area contributed by atoms with E-state index in [9.17, 15) is 13.6 Å². The van der Waals surface area contributed by atoms with E-state index in [2.05, 4.69) is 5.32 Å². The van der Waals surface area contributed by atoms with E-state index in [-0.39, 0.29) is 5.91 Å². The third-order valence-electron chi connectivity index (χ3n) is 3.62. The number of hydrogen-bond donors (Lipinski definition) is 1. The Labute approximate surface area is 114 Å². The summed E-state index contributed by atoms with van der Waals surface area (Å²) in [6.07, 6.45) is 0.305. The van der Waals surface area contributed by atoms with Gasteiger partial charge in [0, 0.05) is 23.7 Å². The van der Waals surface area contributed by atoms with E-state index < -0.39 is 24.9 Å². The molecule has 1 aromatic rings. The maximum absolute atomic E-state index is 13.1. The summed E-state index contributed by atoms with van der Waals surface area (Å²) < 4.78 is 26.3. The van der Waals surface area contributed by atoms with Crippen LogP contribution in [0, 0.1) is 0 Å². The molecule has 2 aliphatic rings. The average molecular weight is 287 g/mol. The minimum absolute atomic E-state index is 0.293. The van der Waals surface area contributed by atoms with Crippen molar-refractivity contribution in [1.82, 2.24) is 5.32 Å². The van der Waals surface area contributed by atoms with Crippen molar-refractivity contribution in [2.45, 2.75) is 24.8 Å². The Hall–Kier alpha value is -1.20. The van der Waals surface area contributed by atoms with Gasteiger partial charge in [0.15, 0.2) is 0 Å². The zero-order valence-corrected chi connectivity index (χ0v) is 10.9. The molecule has 0 aliphatic carbocycles. The zero-order valence-electron chi connectivity index (χ0n) is 10.1. The minimum atomic E-state index is -2.79. The zero-order chi connectivity index (χ0) is 13.6. The van der Waals surface area contributed by atoms with Gasteiger partial charge < -0.3 is 4.90 Å². The molecule has 1 N–H and O–H groups in total. The second kappa shape index (κ2) is 4.42. The number of nitrogens with one attached hydrogen (secondary N) is 1. The van der Waals surface area contributed by atoms with E-state index in [0.29, 0.717) is 11.6 Å². The van der Waals surface area contributed by atoms with Gasteiger partial charge in [-0.25, -0.2) is 8.78 Å². The van der Waals surface area contributed by atoms with E-state index in [0.717, 1.165) is 17.7 Å². The summed E-state index contributed by atoms with van der Waals surface area (Å²) in [6, 6.07) is 4.56. The molecule has 1 saturated heterocycles. The van der Waals surface area contributed by atoms with E-state index in [1.54, 1.807) is 17.0 Å². The molecule has 0 aromatic heterocycles. The van der Waals surface area contributed by atoms with Crippen LogP contribution in [0.4, 0.5) is 14.5 Å². The van der Waals surface area contributed by atoms with E-state index in [1.165, 1.54) is 0 Å². The predicted octanol–water partition coefficient (Wildman–Crippen LogP) is 2.23. The maximum atomic E-state index is 13.1. The second-order valence-corrected chi connectivity index (χ2v) is 5.44. The molecule has 102 valence electrons. The first-order valence-electron chi connectivity index (χ1n) is 6.17. The van der Waals surface area contributed by atoms with Crippen LogP contribution in [0.1, 0.15) is 12.0 Å². The highest BCUT2D eigenvalue weighted by molar-refractivity contribution is 6.31. The molecule has 0 spiro atoms. The molecule has 19 heavy (non-hydrogen) atoms. The monoisotopic (exact) mass is 286 g/mol. The molecule has 3 nitrogen and oxygen atoms in total. The van der Waals surface area contributed by atoms with Crippen LogP contribution >= 0.6 is 11.6 Å². The smallest absolute Gasteiger partial charge is 0.262 e. The van der Waals surface area contributed by atoms with Crippen LogP contribution in [0.5, 0.6) is 0 Å². The number of fused-ring (bicyclic) bond motifs is 1. The summed E-state index contributed by atoms with van der Waals surface area (Å²) in [5.74, 6) is -3.09. The molecule has 1 aromatic carbocycles. The number of anilines is 1. The van der Waals surface area contributed by atoms with Gasteiger partial charge in [0.25, 0.3) is 5.92 Å². The molecule has 2 aliphatic heterocycles. The molecule has 0 saturated carbocycles. The highest BCUT2D eigenvalue weighted by Crippen LogP contribution is 2.33. The number of nitrogens with zero attached hydrogens (tertiary/aromatic N) is 1. The topological polar surface area (TPSA) is 32.3 Å². The van der Waals surface area contributed by atoms with Crippen molar-refractivity contribution < 1.29 is 13.6 Å². The number of carbonyl (C=O) groups excluding carboxylic acids is 1. The summed E-state index contributed by atoms with van der Waals surface area (Å²) in [7, 11) is 0. The lowest BCUT2D eigenvalue weighted by Gasteiger charge is -2.21. The van der Waals surface area contributed by atoms with Crippen molar-refractivity contribution in [3.63, 3.8) is 0 Å². The van der Waals surface area contributed by atoms with Crippen LogP contribution in [-0.4, -0.2) is 31.0 Å². The van der Waals surface area contributed by atoms with Gasteiger partial charge in [-0.3, -0.25) is 10.1 Å². The van der Waals surface area contributed by atoms with Crippen molar-refractivity contribution in [1.29, 1.82) is 0 Å². The fourth-order valence-electron chi connectivity index (χ4n) is 2.66. The summed E-state index contributed by atoms with van der Waals surface area (Å²) >= 11 is 5.92. The standard InChI is InChI=1S/C13H13ClF2N2O/c14-9-2-1-8-3-4-18(11(8)5-9)12(19)10-6-13(15,16)7-17-10/h1-2,5,10,17H,3-4,6-7H2. The third-order valence-corrected chi connectivity index (χ3v) is 3.85. The van der Waals surface area contributed by atoms with Crippen molar-refractivity contribution in [2.24, 2.45) is 0 Å². The molecule has 3 rings (SSSR count). The van der Waals surface area contributed by atoms with Crippen molar-refractivity contribution in [3.8, 4) is 0 Å². The number of halogens is 3. The van der Waals surface area contributed by atoms with Crippen LogP contribution in [0.25, 0.3) is 0 Å². The molecule has 0 bridgehead atoms. The fraction of sp³-hybridized carbons (Fsp3) is 0.462. The third kappa shape index (κ3) is 2.32. The number of amides is 1. The molecular weight excluding hydrogens is 274 g/mol. The largest absolute Gasteiger partial charge is 0.310 e. The first-order valence-corrected chi connectivity index (χ1v) is 6.55. The Kier molecular flexibility index (Phi) is 2.98. The molecule has 1 amide bonds. The first kappa shape index (κ1) is 12.8. The Morgan fingerprint density at radius 2 is 2.26 bits per heavy atom. The van der Waals surface area contributed by atoms with Gasteiger partial charge in [0.1, 0.15) is 0 Å². The SMILES string of the molecule is O=C(C1CC(F)(F)CN1)N1CCc2ccc(Cl)cc21. The quantitative estimate of drug-likeness (QED) is 0.859. The Balaban J connectivity index is 1.82. The summed E-state index contributed by atoms with van der Waals surface area (Å²) in [4.78, 5) is 13.9. The van der Waals surface area contributed by atoms with Crippen LogP contribution in [0.3, 0.4) is 0 Å². The van der Waals surface area contributed by atoms with Crippen LogP contribution < -0.4 is 10.2 Å². The van der Waals surface area contributed by atoms with Gasteiger partial charge in [-0.2, -0.15) is 0 Å².